The number of carboxylic acids is 1. The third-order valence-electron chi connectivity index (χ3n) is 2.97. The summed E-state index contributed by atoms with van der Waals surface area (Å²) in [5, 5.41) is 10.9. The Bertz CT molecular complexity index is 597. The molecule has 5 nitrogen and oxygen atoms in total. The molecule has 0 bridgehead atoms. The molecular formula is C14H15NO4. The van der Waals surface area contributed by atoms with Gasteiger partial charge in [0.2, 0.25) is 0 Å². The van der Waals surface area contributed by atoms with Gasteiger partial charge in [-0.1, -0.05) is 24.3 Å². The quantitative estimate of drug-likeness (QED) is 0.801. The van der Waals surface area contributed by atoms with E-state index in [2.05, 4.69) is 4.84 Å². The average Bonchev–Trinajstić information content (AvgIpc) is 2.43. The van der Waals surface area contributed by atoms with Crippen LogP contribution >= 0.6 is 0 Å². The van der Waals surface area contributed by atoms with Gasteiger partial charge in [0.05, 0.1) is 7.11 Å². The van der Waals surface area contributed by atoms with E-state index in [1.165, 1.54) is 0 Å². The maximum atomic E-state index is 10.9. The molecule has 2 rings (SSSR count). The van der Waals surface area contributed by atoms with Crippen LogP contribution in [-0.2, 0) is 16.1 Å². The molecule has 2 aromatic carbocycles. The number of methoxy groups -OCH3 is 1. The zero-order valence-corrected chi connectivity index (χ0v) is 10.5. The Morgan fingerprint density at radius 1 is 1.26 bits per heavy atom. The van der Waals surface area contributed by atoms with E-state index in [9.17, 15) is 4.79 Å². The lowest BCUT2D eigenvalue weighted by Gasteiger charge is -2.10. The second-order valence-corrected chi connectivity index (χ2v) is 4.21. The predicted octanol–water partition coefficient (Wildman–Crippen LogP) is 1.73. The molecule has 0 saturated heterocycles. The lowest BCUT2D eigenvalue weighted by molar-refractivity contribution is -0.150. The van der Waals surface area contributed by atoms with Gasteiger partial charge in [-0.25, -0.2) is 10.7 Å². The van der Waals surface area contributed by atoms with E-state index in [4.69, 9.17) is 15.7 Å². The summed E-state index contributed by atoms with van der Waals surface area (Å²) in [7, 11) is 1.62. The van der Waals surface area contributed by atoms with Crippen LogP contribution in [0.15, 0.2) is 36.4 Å². The van der Waals surface area contributed by atoms with E-state index in [-0.39, 0.29) is 6.42 Å². The van der Waals surface area contributed by atoms with Gasteiger partial charge in [-0.05, 0) is 28.5 Å². The van der Waals surface area contributed by atoms with Gasteiger partial charge in [0.25, 0.3) is 0 Å². The fourth-order valence-electron chi connectivity index (χ4n) is 1.93. The van der Waals surface area contributed by atoms with Crippen molar-refractivity contribution in [3.63, 3.8) is 0 Å². The van der Waals surface area contributed by atoms with Crippen molar-refractivity contribution in [3.8, 4) is 5.75 Å². The molecule has 0 aliphatic carbocycles. The molecule has 5 heteroatoms. The fourth-order valence-corrected chi connectivity index (χ4v) is 1.93. The second-order valence-electron chi connectivity index (χ2n) is 4.21. The molecule has 1 atom stereocenters. The minimum atomic E-state index is -1.07. The van der Waals surface area contributed by atoms with Crippen LogP contribution in [0, 0.1) is 0 Å². The van der Waals surface area contributed by atoms with Gasteiger partial charge >= 0.3 is 5.97 Å². The number of nitrogens with two attached hydrogens (primary N) is 1. The van der Waals surface area contributed by atoms with E-state index in [0.717, 1.165) is 22.1 Å². The molecule has 0 saturated carbocycles. The number of hydrogen-bond donors (Lipinski definition) is 2. The van der Waals surface area contributed by atoms with Gasteiger partial charge in [0, 0.05) is 6.42 Å². The summed E-state index contributed by atoms with van der Waals surface area (Å²) in [4.78, 5) is 15.3. The monoisotopic (exact) mass is 261 g/mol. The molecule has 0 aromatic heterocycles. The van der Waals surface area contributed by atoms with Crippen LogP contribution in [0.25, 0.3) is 10.8 Å². The van der Waals surface area contributed by atoms with Gasteiger partial charge < -0.3 is 9.84 Å². The first-order valence-corrected chi connectivity index (χ1v) is 5.79. The van der Waals surface area contributed by atoms with Crippen LogP contribution in [-0.4, -0.2) is 24.3 Å². The van der Waals surface area contributed by atoms with Crippen molar-refractivity contribution in [2.24, 2.45) is 5.90 Å². The molecule has 0 aliphatic rings. The standard InChI is InChI=1S/C14H15NO4/c1-18-12-5-4-10-6-9(2-3-11(10)8-12)7-13(19-15)14(16)17/h2-6,8,13H,7,15H2,1H3,(H,16,17). The summed E-state index contributed by atoms with van der Waals surface area (Å²) in [6.45, 7) is 0. The SMILES string of the molecule is COc1ccc2cc(CC(ON)C(=O)O)ccc2c1. The molecule has 2 aromatic rings. The smallest absolute Gasteiger partial charge is 0.335 e. The number of ether oxygens (including phenoxy) is 1. The second kappa shape index (κ2) is 5.69. The lowest BCUT2D eigenvalue weighted by Crippen LogP contribution is -2.29. The van der Waals surface area contributed by atoms with E-state index in [1.807, 2.05) is 36.4 Å². The molecule has 0 radical (unpaired) electrons. The van der Waals surface area contributed by atoms with E-state index < -0.39 is 12.1 Å². The zero-order valence-electron chi connectivity index (χ0n) is 10.5. The highest BCUT2D eigenvalue weighted by Gasteiger charge is 2.17. The Morgan fingerprint density at radius 2 is 1.95 bits per heavy atom. The van der Waals surface area contributed by atoms with Crippen molar-refractivity contribution < 1.29 is 19.5 Å². The number of carboxylic acid groups (broad SMARTS) is 1. The largest absolute Gasteiger partial charge is 0.497 e. The van der Waals surface area contributed by atoms with E-state index in [1.54, 1.807) is 7.11 Å². The average molecular weight is 261 g/mol. The molecule has 100 valence electrons. The van der Waals surface area contributed by atoms with Crippen molar-refractivity contribution in [3.05, 3.63) is 42.0 Å². The van der Waals surface area contributed by atoms with Crippen LogP contribution in [0.1, 0.15) is 5.56 Å². The minimum Gasteiger partial charge on any atom is -0.497 e. The van der Waals surface area contributed by atoms with Crippen molar-refractivity contribution in [1.82, 2.24) is 0 Å². The van der Waals surface area contributed by atoms with Crippen LogP contribution < -0.4 is 10.6 Å². The number of fused-ring (bicyclic) bond motifs is 1. The van der Waals surface area contributed by atoms with Crippen molar-refractivity contribution in [2.75, 3.05) is 7.11 Å². The number of carbonyl (C=O) groups is 1. The first-order valence-electron chi connectivity index (χ1n) is 5.79. The molecule has 0 fully saturated rings. The Morgan fingerprint density at radius 3 is 2.58 bits per heavy atom. The van der Waals surface area contributed by atoms with Crippen LogP contribution in [0.4, 0.5) is 0 Å². The van der Waals surface area contributed by atoms with Crippen molar-refractivity contribution in [1.29, 1.82) is 0 Å². The van der Waals surface area contributed by atoms with E-state index in [0.29, 0.717) is 0 Å². The Hall–Kier alpha value is -2.11. The van der Waals surface area contributed by atoms with Crippen molar-refractivity contribution >= 4 is 16.7 Å². The van der Waals surface area contributed by atoms with Gasteiger partial charge in [0.15, 0.2) is 6.10 Å². The maximum absolute atomic E-state index is 10.9. The zero-order chi connectivity index (χ0) is 13.8. The summed E-state index contributed by atoms with van der Waals surface area (Å²) in [6, 6.07) is 11.4. The molecule has 0 heterocycles. The topological polar surface area (TPSA) is 81.8 Å². The van der Waals surface area contributed by atoms with Crippen LogP contribution in [0.5, 0.6) is 5.75 Å². The normalized spacial score (nSPS) is 12.3. The summed E-state index contributed by atoms with van der Waals surface area (Å²) in [5.74, 6) is 4.69. The molecule has 3 N–H and O–H groups in total. The van der Waals surface area contributed by atoms with Gasteiger partial charge in [0.1, 0.15) is 5.75 Å². The third-order valence-corrected chi connectivity index (χ3v) is 2.97. The van der Waals surface area contributed by atoms with Crippen molar-refractivity contribution in [2.45, 2.75) is 12.5 Å². The summed E-state index contributed by atoms with van der Waals surface area (Å²) in [5.41, 5.74) is 0.857. The molecular weight excluding hydrogens is 246 g/mol. The third kappa shape index (κ3) is 3.01. The number of benzene rings is 2. The minimum absolute atomic E-state index is 0.230. The molecule has 1 unspecified atom stereocenters. The number of aliphatic carboxylic acids is 1. The van der Waals surface area contributed by atoms with Gasteiger partial charge in [-0.15, -0.1) is 0 Å². The summed E-state index contributed by atoms with van der Waals surface area (Å²) >= 11 is 0. The maximum Gasteiger partial charge on any atom is 0.335 e. The first-order chi connectivity index (χ1) is 9.13. The summed E-state index contributed by atoms with van der Waals surface area (Å²) < 4.78 is 5.15. The highest BCUT2D eigenvalue weighted by molar-refractivity contribution is 5.84. The Labute approximate surface area is 110 Å². The first kappa shape index (κ1) is 13.3. The van der Waals surface area contributed by atoms with E-state index >= 15 is 0 Å². The lowest BCUT2D eigenvalue weighted by atomic mass is 10.0. The predicted molar refractivity (Wildman–Crippen MR) is 70.9 cm³/mol. The number of hydrogen-bond acceptors (Lipinski definition) is 4. The summed E-state index contributed by atoms with van der Waals surface area (Å²) in [6.07, 6.45) is -0.802. The molecule has 19 heavy (non-hydrogen) atoms. The molecule has 0 aliphatic heterocycles. The van der Waals surface area contributed by atoms with Crippen LogP contribution in [0.2, 0.25) is 0 Å². The van der Waals surface area contributed by atoms with Gasteiger partial charge in [-0.2, -0.15) is 0 Å². The highest BCUT2D eigenvalue weighted by atomic mass is 16.6. The Kier molecular flexibility index (Phi) is 3.99. The van der Waals surface area contributed by atoms with Crippen LogP contribution in [0.3, 0.4) is 0 Å². The fraction of sp³-hybridized carbons (Fsp3) is 0.214. The molecule has 0 spiro atoms. The number of rotatable bonds is 5. The van der Waals surface area contributed by atoms with Gasteiger partial charge in [-0.3, -0.25) is 4.84 Å². The Balaban J connectivity index is 2.29. The molecule has 0 amide bonds. The highest BCUT2D eigenvalue weighted by Crippen LogP contribution is 2.22.